The maximum atomic E-state index is 11.2. The Morgan fingerprint density at radius 1 is 1.43 bits per heavy atom. The molecule has 0 atom stereocenters. The van der Waals surface area contributed by atoms with E-state index in [1.54, 1.807) is 0 Å². The molecule has 0 bridgehead atoms. The summed E-state index contributed by atoms with van der Waals surface area (Å²) in [4.78, 5) is 11.2. The Balaban J connectivity index is 2.47. The second kappa shape index (κ2) is 3.37. The molecule has 2 rings (SSSR count). The molecule has 0 amide bonds. The molecule has 1 aliphatic heterocycles. The predicted octanol–water partition coefficient (Wildman–Crippen LogP) is 1.80. The highest BCUT2D eigenvalue weighted by Gasteiger charge is 2.48. The second-order valence-corrected chi connectivity index (χ2v) is 4.21. The number of carboxylic acid groups (broad SMARTS) is 1. The Morgan fingerprint density at radius 3 is 2.50 bits per heavy atom. The number of hydrogen-bond acceptors (Lipinski definition) is 2. The summed E-state index contributed by atoms with van der Waals surface area (Å²) in [6.45, 7) is 0.510. The number of ether oxygens (including phenoxy) is 1. The van der Waals surface area contributed by atoms with E-state index in [-0.39, 0.29) is 13.2 Å². The van der Waals surface area contributed by atoms with E-state index in [1.807, 2.05) is 24.3 Å². The molecule has 0 spiro atoms. The van der Waals surface area contributed by atoms with E-state index in [0.717, 1.165) is 10.0 Å². The van der Waals surface area contributed by atoms with Crippen LogP contribution >= 0.6 is 15.9 Å². The molecule has 1 aromatic rings. The first-order valence-corrected chi connectivity index (χ1v) is 5.02. The summed E-state index contributed by atoms with van der Waals surface area (Å²) in [5.41, 5.74) is -0.0566. The van der Waals surface area contributed by atoms with Crippen LogP contribution in [-0.2, 0) is 14.9 Å². The van der Waals surface area contributed by atoms with Gasteiger partial charge in [0.05, 0.1) is 13.2 Å². The van der Waals surface area contributed by atoms with E-state index < -0.39 is 11.4 Å². The summed E-state index contributed by atoms with van der Waals surface area (Å²) < 4.78 is 5.83. The van der Waals surface area contributed by atoms with E-state index >= 15 is 0 Å². The minimum absolute atomic E-state index is 0.255. The Hall–Kier alpha value is -0.870. The predicted molar refractivity (Wildman–Crippen MR) is 54.3 cm³/mol. The number of hydrogen-bond donors (Lipinski definition) is 1. The molecule has 1 heterocycles. The molecular formula is C10H9BrO3. The fourth-order valence-electron chi connectivity index (χ4n) is 1.55. The number of carbonyl (C=O) groups is 1. The normalized spacial score (nSPS) is 18.6. The molecule has 1 aromatic carbocycles. The van der Waals surface area contributed by atoms with Gasteiger partial charge in [-0.2, -0.15) is 0 Å². The summed E-state index contributed by atoms with van der Waals surface area (Å²) in [7, 11) is 0. The van der Waals surface area contributed by atoms with Gasteiger partial charge in [-0.05, 0) is 11.6 Å². The molecule has 14 heavy (non-hydrogen) atoms. The van der Waals surface area contributed by atoms with Crippen LogP contribution in [0, 0.1) is 0 Å². The van der Waals surface area contributed by atoms with E-state index in [4.69, 9.17) is 9.84 Å². The zero-order valence-corrected chi connectivity index (χ0v) is 8.95. The summed E-state index contributed by atoms with van der Waals surface area (Å²) in [6.07, 6.45) is 0. The lowest BCUT2D eigenvalue weighted by atomic mass is 9.79. The van der Waals surface area contributed by atoms with Crippen molar-refractivity contribution in [1.29, 1.82) is 0 Å². The van der Waals surface area contributed by atoms with Crippen molar-refractivity contribution in [1.82, 2.24) is 0 Å². The largest absolute Gasteiger partial charge is 0.480 e. The first-order chi connectivity index (χ1) is 6.67. The maximum Gasteiger partial charge on any atom is 0.318 e. The smallest absolute Gasteiger partial charge is 0.318 e. The van der Waals surface area contributed by atoms with Gasteiger partial charge >= 0.3 is 5.97 Å². The Bertz CT molecular complexity index is 371. The third-order valence-corrected chi connectivity index (χ3v) is 3.19. The molecular weight excluding hydrogens is 248 g/mol. The van der Waals surface area contributed by atoms with Gasteiger partial charge in [-0.15, -0.1) is 0 Å². The van der Waals surface area contributed by atoms with Crippen LogP contribution in [0.5, 0.6) is 0 Å². The fraction of sp³-hybridized carbons (Fsp3) is 0.300. The lowest BCUT2D eigenvalue weighted by molar-refractivity contribution is -0.163. The van der Waals surface area contributed by atoms with Crippen LogP contribution in [0.25, 0.3) is 0 Å². The molecule has 0 radical (unpaired) electrons. The Kier molecular flexibility index (Phi) is 2.33. The third kappa shape index (κ3) is 1.26. The van der Waals surface area contributed by atoms with Gasteiger partial charge in [0, 0.05) is 4.47 Å². The van der Waals surface area contributed by atoms with Gasteiger partial charge in [-0.3, -0.25) is 4.79 Å². The first-order valence-electron chi connectivity index (χ1n) is 4.23. The van der Waals surface area contributed by atoms with E-state index in [0.29, 0.717) is 0 Å². The third-order valence-electron chi connectivity index (χ3n) is 2.50. The van der Waals surface area contributed by atoms with E-state index in [1.165, 1.54) is 0 Å². The van der Waals surface area contributed by atoms with Gasteiger partial charge in [0.15, 0.2) is 0 Å². The molecule has 1 fully saturated rings. The van der Waals surface area contributed by atoms with Crippen LogP contribution in [0.4, 0.5) is 0 Å². The molecule has 4 heteroatoms. The van der Waals surface area contributed by atoms with Gasteiger partial charge in [0.2, 0.25) is 0 Å². The van der Waals surface area contributed by atoms with Crippen molar-refractivity contribution in [2.24, 2.45) is 0 Å². The molecule has 1 aliphatic rings. The number of aliphatic carboxylic acids is 1. The molecule has 3 nitrogen and oxygen atoms in total. The SMILES string of the molecule is O=C(O)C1(c2ccccc2Br)COC1. The quantitative estimate of drug-likeness (QED) is 0.878. The zero-order valence-electron chi connectivity index (χ0n) is 7.37. The monoisotopic (exact) mass is 256 g/mol. The van der Waals surface area contributed by atoms with Crippen LogP contribution in [-0.4, -0.2) is 24.3 Å². The zero-order chi connectivity index (χ0) is 10.2. The minimum Gasteiger partial charge on any atom is -0.480 e. The molecule has 0 saturated carbocycles. The second-order valence-electron chi connectivity index (χ2n) is 3.36. The van der Waals surface area contributed by atoms with Crippen molar-refractivity contribution in [2.75, 3.05) is 13.2 Å². The van der Waals surface area contributed by atoms with Gasteiger partial charge in [-0.1, -0.05) is 34.1 Å². The first kappa shape index (κ1) is 9.68. The topological polar surface area (TPSA) is 46.5 Å². The maximum absolute atomic E-state index is 11.2. The summed E-state index contributed by atoms with van der Waals surface area (Å²) in [5.74, 6) is -0.823. The number of carboxylic acids is 1. The number of halogens is 1. The van der Waals surface area contributed by atoms with Gasteiger partial charge in [0.1, 0.15) is 5.41 Å². The van der Waals surface area contributed by atoms with Gasteiger partial charge in [-0.25, -0.2) is 0 Å². The fourth-order valence-corrected chi connectivity index (χ4v) is 2.21. The minimum atomic E-state index is -0.847. The summed E-state index contributed by atoms with van der Waals surface area (Å²) in [5, 5.41) is 9.16. The Morgan fingerprint density at radius 2 is 2.07 bits per heavy atom. The van der Waals surface area contributed by atoms with Crippen molar-refractivity contribution in [2.45, 2.75) is 5.41 Å². The van der Waals surface area contributed by atoms with Crippen LogP contribution in [0.2, 0.25) is 0 Å². The van der Waals surface area contributed by atoms with Crippen molar-refractivity contribution in [3.8, 4) is 0 Å². The standard InChI is InChI=1S/C10H9BrO3/c11-8-4-2-1-3-7(8)10(9(12)13)5-14-6-10/h1-4H,5-6H2,(H,12,13). The average Bonchev–Trinajstić information content (AvgIpc) is 2.05. The van der Waals surface area contributed by atoms with Crippen LogP contribution in [0.3, 0.4) is 0 Å². The van der Waals surface area contributed by atoms with E-state index in [9.17, 15) is 4.79 Å². The Labute approximate surface area is 89.8 Å². The highest BCUT2D eigenvalue weighted by molar-refractivity contribution is 9.10. The van der Waals surface area contributed by atoms with E-state index in [2.05, 4.69) is 15.9 Å². The summed E-state index contributed by atoms with van der Waals surface area (Å²) >= 11 is 3.36. The molecule has 0 aliphatic carbocycles. The number of rotatable bonds is 2. The molecule has 0 aromatic heterocycles. The van der Waals surface area contributed by atoms with Crippen LogP contribution in [0.1, 0.15) is 5.56 Å². The number of benzene rings is 1. The summed E-state index contributed by atoms with van der Waals surface area (Å²) in [6, 6.07) is 7.37. The molecule has 1 N–H and O–H groups in total. The molecule has 0 unspecified atom stereocenters. The molecule has 1 saturated heterocycles. The van der Waals surface area contributed by atoms with Gasteiger partial charge in [0.25, 0.3) is 0 Å². The van der Waals surface area contributed by atoms with Crippen molar-refractivity contribution < 1.29 is 14.6 Å². The highest BCUT2D eigenvalue weighted by Crippen LogP contribution is 2.36. The highest BCUT2D eigenvalue weighted by atomic mass is 79.9. The van der Waals surface area contributed by atoms with Crippen molar-refractivity contribution >= 4 is 21.9 Å². The van der Waals surface area contributed by atoms with Crippen molar-refractivity contribution in [3.05, 3.63) is 34.3 Å². The van der Waals surface area contributed by atoms with Crippen molar-refractivity contribution in [3.63, 3.8) is 0 Å². The lowest BCUT2D eigenvalue weighted by Gasteiger charge is -2.38. The van der Waals surface area contributed by atoms with Crippen LogP contribution in [0.15, 0.2) is 28.7 Å². The van der Waals surface area contributed by atoms with Gasteiger partial charge < -0.3 is 9.84 Å². The lowest BCUT2D eigenvalue weighted by Crippen LogP contribution is -2.53. The van der Waals surface area contributed by atoms with Crippen LogP contribution < -0.4 is 0 Å². The average molecular weight is 257 g/mol. The molecule has 74 valence electrons.